The number of hydrogen-bond acceptors (Lipinski definition) is 4. The van der Waals surface area contributed by atoms with E-state index >= 15 is 0 Å². The Morgan fingerprint density at radius 3 is 2.59 bits per heavy atom. The predicted octanol–water partition coefficient (Wildman–Crippen LogP) is 5.36. The zero-order valence-corrected chi connectivity index (χ0v) is 24.3. The van der Waals surface area contributed by atoms with Crippen LogP contribution in [0.4, 0.5) is 10.1 Å². The minimum Gasteiger partial charge on any atom is -0.359 e. The molecule has 2 aromatic carbocycles. The second-order valence-corrected chi connectivity index (χ2v) is 12.6. The number of carbonyl (C=O) groups is 3. The Hall–Kier alpha value is -2.94. The van der Waals surface area contributed by atoms with Crippen molar-refractivity contribution in [1.82, 2.24) is 10.2 Å². The lowest BCUT2D eigenvalue weighted by Gasteiger charge is -2.38. The maximum absolute atomic E-state index is 14.2. The molecule has 2 saturated heterocycles. The summed E-state index contributed by atoms with van der Waals surface area (Å²) in [5.41, 5.74) is -0.179. The van der Waals surface area contributed by atoms with Gasteiger partial charge in [-0.05, 0) is 54.2 Å². The highest BCUT2D eigenvalue weighted by Gasteiger charge is 2.72. The van der Waals surface area contributed by atoms with E-state index in [2.05, 4.69) is 24.5 Å². The molecule has 6 rings (SSSR count). The zero-order chi connectivity index (χ0) is 29.1. The third kappa shape index (κ3) is 4.84. The molecule has 2 aromatic rings. The van der Waals surface area contributed by atoms with Crippen LogP contribution in [0.3, 0.4) is 0 Å². The first kappa shape index (κ1) is 28.2. The second kappa shape index (κ2) is 10.7. The van der Waals surface area contributed by atoms with Crippen LogP contribution >= 0.6 is 23.2 Å². The summed E-state index contributed by atoms with van der Waals surface area (Å²) in [6.45, 7) is 4.51. The number of benzene rings is 2. The van der Waals surface area contributed by atoms with Crippen LogP contribution in [-0.2, 0) is 25.7 Å². The topological polar surface area (TPSA) is 87.7 Å². The van der Waals surface area contributed by atoms with Crippen molar-refractivity contribution in [3.8, 4) is 0 Å². The van der Waals surface area contributed by atoms with Gasteiger partial charge in [-0.1, -0.05) is 74.2 Å². The van der Waals surface area contributed by atoms with Gasteiger partial charge in [0, 0.05) is 23.3 Å². The van der Waals surface area contributed by atoms with E-state index in [9.17, 15) is 18.8 Å². The third-order valence-electron chi connectivity index (χ3n) is 9.41. The van der Waals surface area contributed by atoms with E-state index in [0.717, 1.165) is 24.8 Å². The summed E-state index contributed by atoms with van der Waals surface area (Å²) in [4.78, 5) is 43.5. The predicted molar refractivity (Wildman–Crippen MR) is 154 cm³/mol. The van der Waals surface area contributed by atoms with Gasteiger partial charge in [0.2, 0.25) is 17.7 Å². The van der Waals surface area contributed by atoms with Crippen molar-refractivity contribution in [1.29, 1.82) is 0 Å². The van der Waals surface area contributed by atoms with Crippen LogP contribution in [0.5, 0.6) is 0 Å². The summed E-state index contributed by atoms with van der Waals surface area (Å²) in [6, 6.07) is 10.0. The number of nitrogens with zero attached hydrogens (tertiary/aromatic N) is 1. The van der Waals surface area contributed by atoms with Gasteiger partial charge < -0.3 is 20.3 Å². The number of halogens is 3. The molecular weight excluding hydrogens is 568 g/mol. The first-order valence-corrected chi connectivity index (χ1v) is 14.8. The van der Waals surface area contributed by atoms with E-state index < -0.39 is 41.3 Å². The van der Waals surface area contributed by atoms with Crippen LogP contribution in [0.2, 0.25) is 10.0 Å². The molecular formula is C31H32Cl2FN3O4. The molecule has 3 fully saturated rings. The van der Waals surface area contributed by atoms with Crippen LogP contribution in [0.25, 0.3) is 0 Å². The van der Waals surface area contributed by atoms with Crippen LogP contribution in [0.15, 0.2) is 54.6 Å². The molecule has 0 aromatic heterocycles. The minimum atomic E-state index is -1.29. The van der Waals surface area contributed by atoms with Crippen molar-refractivity contribution in [2.75, 3.05) is 5.32 Å². The SMILES string of the molecule is C[C@H]1[C@H](C)CCC[C@@H]1NC(=O)[C@@H]1N(Cc2ccc(Cl)cc2)C(=O)[C@H]2[C@@H](C(=O)Nc3ccc(F)c(Cl)c3)[C@H]3C=C[C@@]12O3. The van der Waals surface area contributed by atoms with Gasteiger partial charge in [-0.2, -0.15) is 0 Å². The number of anilines is 1. The molecule has 1 saturated carbocycles. The quantitative estimate of drug-likeness (QED) is 0.437. The number of rotatable bonds is 6. The molecule has 41 heavy (non-hydrogen) atoms. The lowest BCUT2D eigenvalue weighted by Crippen LogP contribution is -2.57. The number of hydrogen-bond donors (Lipinski definition) is 2. The molecule has 3 heterocycles. The average molecular weight is 601 g/mol. The summed E-state index contributed by atoms with van der Waals surface area (Å²) in [7, 11) is 0. The molecule has 216 valence electrons. The summed E-state index contributed by atoms with van der Waals surface area (Å²) in [5, 5.41) is 6.46. The largest absolute Gasteiger partial charge is 0.359 e. The zero-order valence-electron chi connectivity index (χ0n) is 22.8. The lowest BCUT2D eigenvalue weighted by molar-refractivity contribution is -0.142. The molecule has 2 N–H and O–H groups in total. The van der Waals surface area contributed by atoms with Gasteiger partial charge in [-0.3, -0.25) is 14.4 Å². The second-order valence-electron chi connectivity index (χ2n) is 11.8. The molecule has 1 aliphatic carbocycles. The number of ether oxygens (including phenoxy) is 1. The number of fused-ring (bicyclic) bond motifs is 1. The van der Waals surface area contributed by atoms with Crippen molar-refractivity contribution < 1.29 is 23.5 Å². The van der Waals surface area contributed by atoms with Gasteiger partial charge in [-0.25, -0.2) is 4.39 Å². The maximum atomic E-state index is 14.2. The Morgan fingerprint density at radius 1 is 1.10 bits per heavy atom. The fraction of sp³-hybridized carbons (Fsp3) is 0.452. The van der Waals surface area contributed by atoms with Crippen LogP contribution in [0.1, 0.15) is 38.7 Å². The number of nitrogens with one attached hydrogen (secondary N) is 2. The van der Waals surface area contributed by atoms with Crippen molar-refractivity contribution in [3.05, 3.63) is 76.0 Å². The van der Waals surface area contributed by atoms with Gasteiger partial charge in [0.15, 0.2) is 0 Å². The van der Waals surface area contributed by atoms with Gasteiger partial charge >= 0.3 is 0 Å². The Morgan fingerprint density at radius 2 is 1.85 bits per heavy atom. The maximum Gasteiger partial charge on any atom is 0.246 e. The van der Waals surface area contributed by atoms with Gasteiger partial charge in [0.05, 0.1) is 23.0 Å². The van der Waals surface area contributed by atoms with E-state index in [0.29, 0.717) is 22.5 Å². The highest BCUT2D eigenvalue weighted by Crippen LogP contribution is 2.55. The van der Waals surface area contributed by atoms with Gasteiger partial charge in [0.25, 0.3) is 0 Å². The normalized spacial score (nSPS) is 33.6. The van der Waals surface area contributed by atoms with E-state index in [4.69, 9.17) is 27.9 Å². The van der Waals surface area contributed by atoms with Crippen molar-refractivity contribution in [3.63, 3.8) is 0 Å². The number of likely N-dealkylation sites (tertiary alicyclic amines) is 1. The Bertz CT molecular complexity index is 1420. The van der Waals surface area contributed by atoms with E-state index in [1.165, 1.54) is 18.2 Å². The Labute approximate surface area is 248 Å². The molecule has 8 atom stereocenters. The van der Waals surface area contributed by atoms with E-state index in [-0.39, 0.29) is 29.4 Å². The summed E-state index contributed by atoms with van der Waals surface area (Å²) >= 11 is 12.0. The molecule has 10 heteroatoms. The van der Waals surface area contributed by atoms with Crippen molar-refractivity contribution >= 4 is 46.6 Å². The average Bonchev–Trinajstić information content (AvgIpc) is 3.58. The minimum absolute atomic E-state index is 0.0147. The molecule has 0 radical (unpaired) electrons. The standard InChI is InChI=1S/C31H32Cl2FN3O4/c1-16-4-3-5-23(17(16)2)36-29(39)27-31-13-12-24(41-31)25(28(38)35-20-10-11-22(34)21(33)14-20)26(31)30(40)37(27)15-18-6-8-19(32)9-7-18/h6-14,16-17,23-27H,3-5,15H2,1-2H3,(H,35,38)(H,36,39)/t16-,17+,23+,24-,25+,26-,27+,31+/m1/s1. The van der Waals surface area contributed by atoms with E-state index in [1.807, 2.05) is 12.1 Å². The summed E-state index contributed by atoms with van der Waals surface area (Å²) in [5.74, 6) is -2.68. The van der Waals surface area contributed by atoms with Crippen molar-refractivity contribution in [2.45, 2.75) is 63.4 Å². The molecule has 1 spiro atoms. The van der Waals surface area contributed by atoms with Crippen LogP contribution in [-0.4, -0.2) is 46.4 Å². The molecule has 2 bridgehead atoms. The first-order valence-electron chi connectivity index (χ1n) is 14.1. The third-order valence-corrected chi connectivity index (χ3v) is 9.95. The smallest absolute Gasteiger partial charge is 0.246 e. The molecule has 4 aliphatic rings. The Kier molecular flexibility index (Phi) is 7.37. The number of carbonyl (C=O) groups excluding carboxylic acids is 3. The van der Waals surface area contributed by atoms with Crippen LogP contribution in [0, 0.1) is 29.5 Å². The molecule has 0 unspecified atom stereocenters. The fourth-order valence-electron chi connectivity index (χ4n) is 7.07. The monoisotopic (exact) mass is 599 g/mol. The lowest BCUT2D eigenvalue weighted by atomic mass is 9.73. The highest BCUT2D eigenvalue weighted by molar-refractivity contribution is 6.31. The van der Waals surface area contributed by atoms with Crippen LogP contribution < -0.4 is 10.6 Å². The molecule has 3 aliphatic heterocycles. The molecule has 7 nitrogen and oxygen atoms in total. The van der Waals surface area contributed by atoms with Crippen molar-refractivity contribution in [2.24, 2.45) is 23.7 Å². The number of amides is 3. The van der Waals surface area contributed by atoms with Gasteiger partial charge in [-0.15, -0.1) is 0 Å². The summed E-state index contributed by atoms with van der Waals surface area (Å²) in [6.07, 6.45) is 5.89. The highest BCUT2D eigenvalue weighted by atomic mass is 35.5. The first-order chi connectivity index (χ1) is 19.6. The molecule has 3 amide bonds. The van der Waals surface area contributed by atoms with Gasteiger partial charge in [0.1, 0.15) is 17.5 Å². The summed E-state index contributed by atoms with van der Waals surface area (Å²) < 4.78 is 20.1. The Balaban J connectivity index is 1.32. The van der Waals surface area contributed by atoms with E-state index in [1.54, 1.807) is 29.2 Å². The fourth-order valence-corrected chi connectivity index (χ4v) is 7.38.